The number of hydrogen-bond acceptors (Lipinski definition) is 6. The lowest BCUT2D eigenvalue weighted by atomic mass is 9.87. The van der Waals surface area contributed by atoms with Crippen LogP contribution in [0.1, 0.15) is 41.6 Å². The summed E-state index contributed by atoms with van der Waals surface area (Å²) in [7, 11) is 0. The van der Waals surface area contributed by atoms with Crippen LogP contribution in [0.2, 0.25) is 0 Å². The molecule has 1 N–H and O–H groups in total. The van der Waals surface area contributed by atoms with Crippen LogP contribution in [-0.4, -0.2) is 16.0 Å². The van der Waals surface area contributed by atoms with Gasteiger partial charge in [0, 0.05) is 17.0 Å². The molecule has 0 atom stereocenters. The van der Waals surface area contributed by atoms with Gasteiger partial charge in [-0.25, -0.2) is 0 Å². The summed E-state index contributed by atoms with van der Waals surface area (Å²) in [4.78, 5) is 18.8. The van der Waals surface area contributed by atoms with Crippen molar-refractivity contribution in [3.63, 3.8) is 0 Å². The first-order valence-electron chi connectivity index (χ1n) is 9.86. The summed E-state index contributed by atoms with van der Waals surface area (Å²) in [5, 5.41) is 9.09. The van der Waals surface area contributed by atoms with Crippen LogP contribution in [0, 0.1) is 0 Å². The predicted molar refractivity (Wildman–Crippen MR) is 113 cm³/mol. The molecule has 0 saturated heterocycles. The molecular weight excluding hydrogens is 398 g/mol. The largest absolute Gasteiger partial charge is 0.457 e. The number of ether oxygens (including phenoxy) is 1. The van der Waals surface area contributed by atoms with E-state index in [0.717, 1.165) is 34.7 Å². The van der Waals surface area contributed by atoms with Gasteiger partial charge < -0.3 is 14.6 Å². The molecule has 30 heavy (non-hydrogen) atoms. The molecule has 0 unspecified atom stereocenters. The van der Waals surface area contributed by atoms with Crippen molar-refractivity contribution in [2.24, 2.45) is 0 Å². The Morgan fingerprint density at radius 2 is 1.70 bits per heavy atom. The fraction of sp³-hybridized carbons (Fsp3) is 0.174. The van der Waals surface area contributed by atoms with Crippen molar-refractivity contribution in [1.82, 2.24) is 10.1 Å². The van der Waals surface area contributed by atoms with Crippen LogP contribution in [0.5, 0.6) is 11.5 Å². The zero-order chi connectivity index (χ0) is 20.1. The molecule has 2 aromatic heterocycles. The quantitative estimate of drug-likeness (QED) is 0.473. The normalized spacial score (nSPS) is 15.2. The van der Waals surface area contributed by atoms with Crippen LogP contribution in [0.25, 0.3) is 10.8 Å². The zero-order valence-corrected chi connectivity index (χ0v) is 16.7. The minimum Gasteiger partial charge on any atom is -0.457 e. The highest BCUT2D eigenvalue weighted by Gasteiger charge is 2.33. The Balaban J connectivity index is 1.34. The predicted octanol–water partition coefficient (Wildman–Crippen LogP) is 5.55. The Hall–Kier alpha value is -3.45. The van der Waals surface area contributed by atoms with E-state index in [1.807, 2.05) is 60.0 Å². The average molecular weight is 415 g/mol. The van der Waals surface area contributed by atoms with E-state index in [9.17, 15) is 4.79 Å². The van der Waals surface area contributed by atoms with Crippen LogP contribution < -0.4 is 10.1 Å². The highest BCUT2D eigenvalue weighted by Crippen LogP contribution is 2.45. The number of nitrogens with zero attached hydrogens (tertiary/aromatic N) is 2. The molecule has 1 fully saturated rings. The zero-order valence-electron chi connectivity index (χ0n) is 15.9. The first kappa shape index (κ1) is 17.4. The van der Waals surface area contributed by atoms with Crippen molar-refractivity contribution < 1.29 is 14.1 Å². The summed E-state index contributed by atoms with van der Waals surface area (Å²) in [6, 6.07) is 17.2. The van der Waals surface area contributed by atoms with Crippen LogP contribution in [-0.2, 0) is 4.79 Å². The highest BCUT2D eigenvalue weighted by atomic mass is 32.1. The second kappa shape index (κ2) is 6.81. The molecule has 0 radical (unpaired) electrons. The van der Waals surface area contributed by atoms with Gasteiger partial charge in [0.05, 0.1) is 11.6 Å². The minimum atomic E-state index is -0.469. The maximum atomic E-state index is 13.5. The first-order valence-corrected chi connectivity index (χ1v) is 10.7. The summed E-state index contributed by atoms with van der Waals surface area (Å²) < 4.78 is 11.5. The van der Waals surface area contributed by atoms with E-state index in [-0.39, 0.29) is 5.91 Å². The van der Waals surface area contributed by atoms with Crippen LogP contribution in [0.3, 0.4) is 0 Å². The maximum Gasteiger partial charge on any atom is 0.270 e. The molecule has 4 aromatic rings. The van der Waals surface area contributed by atoms with Gasteiger partial charge in [-0.1, -0.05) is 41.6 Å². The van der Waals surface area contributed by atoms with Gasteiger partial charge in [-0.15, -0.1) is 11.3 Å². The Labute approximate surface area is 176 Å². The van der Waals surface area contributed by atoms with Gasteiger partial charge >= 0.3 is 0 Å². The van der Waals surface area contributed by atoms with E-state index >= 15 is 0 Å². The molecule has 1 amide bonds. The van der Waals surface area contributed by atoms with E-state index in [4.69, 9.17) is 9.26 Å². The van der Waals surface area contributed by atoms with Gasteiger partial charge in [-0.3, -0.25) is 4.79 Å². The fourth-order valence-electron chi connectivity index (χ4n) is 3.81. The number of fused-ring (bicyclic) bond motifs is 2. The Morgan fingerprint density at radius 1 is 1.00 bits per heavy atom. The van der Waals surface area contributed by atoms with Crippen molar-refractivity contribution in [2.75, 3.05) is 5.32 Å². The Kier molecular flexibility index (Phi) is 3.95. The van der Waals surface area contributed by atoms with E-state index in [2.05, 4.69) is 15.5 Å². The maximum absolute atomic E-state index is 13.5. The summed E-state index contributed by atoms with van der Waals surface area (Å²) in [5.74, 6) is 2.43. The van der Waals surface area contributed by atoms with Gasteiger partial charge in [0.15, 0.2) is 5.82 Å². The number of rotatable bonds is 4. The first-order chi connectivity index (χ1) is 14.8. The summed E-state index contributed by atoms with van der Waals surface area (Å²) in [6.45, 7) is 0. The number of nitrogens with one attached hydrogen (secondary N) is 1. The van der Waals surface area contributed by atoms with Gasteiger partial charge in [-0.2, -0.15) is 4.98 Å². The molecule has 148 valence electrons. The van der Waals surface area contributed by atoms with Crippen molar-refractivity contribution in [1.29, 1.82) is 0 Å². The molecule has 6 nitrogen and oxygen atoms in total. The molecule has 7 heteroatoms. The third-order valence-electron chi connectivity index (χ3n) is 5.44. The fourth-order valence-corrected chi connectivity index (χ4v) is 4.58. The molecule has 1 aliphatic carbocycles. The van der Waals surface area contributed by atoms with E-state index in [1.165, 1.54) is 11.3 Å². The Bertz CT molecular complexity index is 1210. The lowest BCUT2D eigenvalue weighted by Gasteiger charge is -2.27. The Morgan fingerprint density at radius 3 is 2.40 bits per heavy atom. The third-order valence-corrected chi connectivity index (χ3v) is 6.35. The number of anilines is 1. The van der Waals surface area contributed by atoms with Crippen LogP contribution in [0.15, 0.2) is 64.5 Å². The number of amides is 1. The van der Waals surface area contributed by atoms with Crippen molar-refractivity contribution in [3.8, 4) is 22.3 Å². The van der Waals surface area contributed by atoms with Gasteiger partial charge in [0.1, 0.15) is 16.4 Å². The van der Waals surface area contributed by atoms with Gasteiger partial charge in [0.25, 0.3) is 5.89 Å². The third kappa shape index (κ3) is 2.90. The number of hydrogen-bond donors (Lipinski definition) is 1. The van der Waals surface area contributed by atoms with Crippen LogP contribution >= 0.6 is 11.3 Å². The molecular formula is C23H17N3O3S. The molecule has 1 saturated carbocycles. The van der Waals surface area contributed by atoms with Crippen molar-refractivity contribution >= 4 is 22.9 Å². The second-order valence-electron chi connectivity index (χ2n) is 7.50. The molecule has 0 spiro atoms. The number of aromatic nitrogens is 2. The number of carbonyl (C=O) groups is 1. The molecule has 0 bridgehead atoms. The molecule has 1 aliphatic heterocycles. The molecule has 6 rings (SSSR count). The summed E-state index contributed by atoms with van der Waals surface area (Å²) in [6.07, 6.45) is 2.21. The van der Waals surface area contributed by atoms with E-state index in [1.54, 1.807) is 0 Å². The second-order valence-corrected chi connectivity index (χ2v) is 8.41. The minimum absolute atomic E-state index is 0.125. The number of para-hydroxylation sites is 2. The lowest BCUT2D eigenvalue weighted by molar-refractivity contribution is -0.116. The van der Waals surface area contributed by atoms with E-state index in [0.29, 0.717) is 29.0 Å². The average Bonchev–Trinajstić information content (AvgIpc) is 3.32. The standard InChI is InChI=1S/C23H17N3O3S/c27-22(19-14-5-1-3-7-17(14)28-18-8-4-2-6-15(18)19)24-16-11-12-30-20(16)23-25-21(26-29-23)13-9-10-13/h1-8,11-13,19H,9-10H2,(H,24,27). The van der Waals surface area contributed by atoms with E-state index < -0.39 is 5.92 Å². The lowest BCUT2D eigenvalue weighted by Crippen LogP contribution is -2.25. The smallest absolute Gasteiger partial charge is 0.270 e. The van der Waals surface area contributed by atoms with Gasteiger partial charge in [-0.05, 0) is 36.4 Å². The van der Waals surface area contributed by atoms with Crippen molar-refractivity contribution in [2.45, 2.75) is 24.7 Å². The van der Waals surface area contributed by atoms with Crippen molar-refractivity contribution in [3.05, 3.63) is 76.9 Å². The highest BCUT2D eigenvalue weighted by molar-refractivity contribution is 7.14. The monoisotopic (exact) mass is 415 g/mol. The van der Waals surface area contributed by atoms with Crippen LogP contribution in [0.4, 0.5) is 5.69 Å². The molecule has 2 aromatic carbocycles. The topological polar surface area (TPSA) is 77.3 Å². The SMILES string of the molecule is O=C(Nc1ccsc1-c1nc(C2CC2)no1)C1c2ccccc2Oc2ccccc21. The summed E-state index contributed by atoms with van der Waals surface area (Å²) in [5.41, 5.74) is 2.37. The molecule has 3 heterocycles. The number of benzene rings is 2. The van der Waals surface area contributed by atoms with Gasteiger partial charge in [0.2, 0.25) is 5.91 Å². The molecule has 2 aliphatic rings. The number of carbonyl (C=O) groups excluding carboxylic acids is 1. The summed E-state index contributed by atoms with van der Waals surface area (Å²) >= 11 is 1.47. The number of thiophene rings is 1.